The molecule has 0 bridgehead atoms. The van der Waals surface area contributed by atoms with Gasteiger partial charge in [0, 0.05) is 39.3 Å². The lowest BCUT2D eigenvalue weighted by Crippen LogP contribution is -2.38. The van der Waals surface area contributed by atoms with Gasteiger partial charge in [0.15, 0.2) is 29.5 Å². The average Bonchev–Trinajstić information content (AvgIpc) is 3.58. The van der Waals surface area contributed by atoms with Crippen molar-refractivity contribution in [3.05, 3.63) is 0 Å². The molecule has 3 unspecified atom stereocenters. The van der Waals surface area contributed by atoms with E-state index in [-0.39, 0.29) is 87.6 Å². The van der Waals surface area contributed by atoms with Gasteiger partial charge in [-0.15, -0.1) is 0 Å². The summed E-state index contributed by atoms with van der Waals surface area (Å²) in [5.41, 5.74) is 0. The third-order valence-electron chi connectivity index (χ3n) is 7.51. The number of sulfone groups is 3. The van der Waals surface area contributed by atoms with E-state index < -0.39 is 29.5 Å². The molecule has 3 atom stereocenters. The molecule has 43 heavy (non-hydrogen) atoms. The highest BCUT2D eigenvalue weighted by atomic mass is 32.2. The maximum absolute atomic E-state index is 11.6. The van der Waals surface area contributed by atoms with Crippen molar-refractivity contribution >= 4 is 81.7 Å². The first-order valence-corrected chi connectivity index (χ1v) is 20.9. The second-order valence-corrected chi connectivity index (χ2v) is 19.0. The Balaban J connectivity index is 1.36. The summed E-state index contributed by atoms with van der Waals surface area (Å²) in [7, 11) is -8.87. The minimum absolute atomic E-state index is 0.0170. The fourth-order valence-electron chi connectivity index (χ4n) is 5.07. The number of nitrogens with zero attached hydrogens (tertiary/aromatic N) is 1. The molecular weight excluding hydrogens is 681 g/mol. The van der Waals surface area contributed by atoms with E-state index in [2.05, 4.69) is 16.0 Å². The van der Waals surface area contributed by atoms with Crippen molar-refractivity contribution in [2.24, 2.45) is 17.8 Å². The SMILES string of the molecule is O=S1(=O)CCC(CNC(=S)OCCN(CCOC(=S)NCC2CCS(=O)(=O)C2)CCOC(=S)NCC2CCS(=O)(=O)C2)C1. The Bertz CT molecular complexity index is 1140. The van der Waals surface area contributed by atoms with Gasteiger partial charge in [-0.2, -0.15) is 0 Å². The van der Waals surface area contributed by atoms with Crippen molar-refractivity contribution in [2.75, 3.05) is 93.6 Å². The molecule has 13 nitrogen and oxygen atoms in total. The molecule has 19 heteroatoms. The van der Waals surface area contributed by atoms with Crippen LogP contribution in [-0.2, 0) is 43.7 Å². The topological polar surface area (TPSA) is 169 Å². The molecule has 0 amide bonds. The van der Waals surface area contributed by atoms with Gasteiger partial charge in [-0.05, 0) is 73.7 Å². The largest absolute Gasteiger partial charge is 0.470 e. The van der Waals surface area contributed by atoms with Gasteiger partial charge in [0.25, 0.3) is 15.5 Å². The van der Waals surface area contributed by atoms with E-state index in [0.717, 1.165) is 0 Å². The highest BCUT2D eigenvalue weighted by molar-refractivity contribution is 7.92. The van der Waals surface area contributed by atoms with Crippen LogP contribution >= 0.6 is 36.7 Å². The summed E-state index contributed by atoms with van der Waals surface area (Å²) in [6, 6.07) is 0. The average molecular weight is 723 g/mol. The molecule has 3 saturated heterocycles. The first kappa shape index (κ1) is 36.3. The van der Waals surface area contributed by atoms with Gasteiger partial charge in [0.1, 0.15) is 19.8 Å². The van der Waals surface area contributed by atoms with Crippen molar-refractivity contribution < 1.29 is 39.5 Å². The summed E-state index contributed by atoms with van der Waals surface area (Å²) >= 11 is 15.7. The molecule has 0 aromatic rings. The molecular formula is C24H42N4O9S6. The summed E-state index contributed by atoms with van der Waals surface area (Å²) in [6.07, 6.45) is 1.83. The van der Waals surface area contributed by atoms with Crippen molar-refractivity contribution in [3.63, 3.8) is 0 Å². The molecule has 3 aliphatic heterocycles. The lowest BCUT2D eigenvalue weighted by Gasteiger charge is -2.23. The van der Waals surface area contributed by atoms with E-state index in [1.165, 1.54) is 0 Å². The monoisotopic (exact) mass is 722 g/mol. The second kappa shape index (κ2) is 17.0. The molecule has 0 saturated carbocycles. The number of hydrogen-bond donors (Lipinski definition) is 3. The summed E-state index contributed by atoms with van der Waals surface area (Å²) in [5.74, 6) is 1.13. The van der Waals surface area contributed by atoms with Gasteiger partial charge in [-0.1, -0.05) is 0 Å². The molecule has 0 aromatic heterocycles. The second-order valence-electron chi connectivity index (χ2n) is 11.2. The fraction of sp³-hybridized carbons (Fsp3) is 0.875. The first-order chi connectivity index (χ1) is 20.2. The van der Waals surface area contributed by atoms with Gasteiger partial charge < -0.3 is 30.2 Å². The Morgan fingerprint density at radius 3 is 1.07 bits per heavy atom. The number of thiocarbonyl (C=S) groups is 3. The molecule has 0 aliphatic carbocycles. The Kier molecular flexibility index (Phi) is 14.4. The van der Waals surface area contributed by atoms with Crippen LogP contribution in [0.3, 0.4) is 0 Å². The van der Waals surface area contributed by atoms with E-state index in [9.17, 15) is 25.3 Å². The number of rotatable bonds is 15. The van der Waals surface area contributed by atoms with Crippen LogP contribution in [-0.4, -0.2) is 139 Å². The number of nitrogens with one attached hydrogen (secondary N) is 3. The van der Waals surface area contributed by atoms with Gasteiger partial charge in [0.2, 0.25) is 0 Å². The molecule has 3 N–H and O–H groups in total. The lowest BCUT2D eigenvalue weighted by molar-refractivity contribution is 0.143. The molecule has 3 rings (SSSR count). The van der Waals surface area contributed by atoms with E-state index in [0.29, 0.717) is 58.5 Å². The Morgan fingerprint density at radius 1 is 0.558 bits per heavy atom. The first-order valence-electron chi connectivity index (χ1n) is 14.3. The smallest absolute Gasteiger partial charge is 0.256 e. The van der Waals surface area contributed by atoms with E-state index in [1.807, 2.05) is 4.90 Å². The fourth-order valence-corrected chi connectivity index (χ4v) is 11.2. The van der Waals surface area contributed by atoms with Crippen LogP contribution in [0.15, 0.2) is 0 Å². The molecule has 248 valence electrons. The Morgan fingerprint density at radius 2 is 0.837 bits per heavy atom. The van der Waals surface area contributed by atoms with Crippen LogP contribution < -0.4 is 16.0 Å². The maximum Gasteiger partial charge on any atom is 0.256 e. The van der Waals surface area contributed by atoms with Crippen LogP contribution in [0.5, 0.6) is 0 Å². The van der Waals surface area contributed by atoms with Gasteiger partial charge in [0.05, 0.1) is 34.5 Å². The molecule has 0 spiro atoms. The van der Waals surface area contributed by atoms with Gasteiger partial charge in [-0.25, -0.2) is 25.3 Å². The standard InChI is InChI=1S/C24H42N4O9S6/c29-41(30)10-1-19(16-41)13-25-22(38)35-7-4-28(5-8-36-23(39)26-14-20-2-11-42(31,32)17-20)6-9-37-24(40)27-15-21-3-12-43(33,34)18-21/h19-21H,1-18H2,(H,25,38)(H,26,39)(H,27,40). The van der Waals surface area contributed by atoms with Crippen molar-refractivity contribution in [1.82, 2.24) is 20.9 Å². The molecule has 0 aromatic carbocycles. The van der Waals surface area contributed by atoms with Gasteiger partial charge >= 0.3 is 0 Å². The zero-order chi connectivity index (χ0) is 31.5. The Labute approximate surface area is 271 Å². The summed E-state index contributed by atoms with van der Waals surface area (Å²) in [6.45, 7) is 3.57. The quantitative estimate of drug-likeness (QED) is 0.181. The highest BCUT2D eigenvalue weighted by Gasteiger charge is 2.29. The summed E-state index contributed by atoms with van der Waals surface area (Å²) in [5, 5.41) is 9.57. The third kappa shape index (κ3) is 14.7. The van der Waals surface area contributed by atoms with E-state index in [1.54, 1.807) is 0 Å². The molecule has 0 radical (unpaired) electrons. The van der Waals surface area contributed by atoms with Crippen LogP contribution in [0.25, 0.3) is 0 Å². The minimum atomic E-state index is -2.96. The minimum Gasteiger partial charge on any atom is -0.470 e. The van der Waals surface area contributed by atoms with Crippen molar-refractivity contribution in [1.29, 1.82) is 0 Å². The van der Waals surface area contributed by atoms with Gasteiger partial charge in [-0.3, -0.25) is 4.90 Å². The molecule has 3 fully saturated rings. The van der Waals surface area contributed by atoms with E-state index in [4.69, 9.17) is 50.9 Å². The lowest BCUT2D eigenvalue weighted by atomic mass is 10.1. The van der Waals surface area contributed by atoms with Crippen LogP contribution in [0.1, 0.15) is 19.3 Å². The van der Waals surface area contributed by atoms with Crippen molar-refractivity contribution in [2.45, 2.75) is 19.3 Å². The van der Waals surface area contributed by atoms with Crippen LogP contribution in [0.2, 0.25) is 0 Å². The van der Waals surface area contributed by atoms with Crippen molar-refractivity contribution in [3.8, 4) is 0 Å². The Hall–Kier alpha value is -1.12. The third-order valence-corrected chi connectivity index (χ3v) is 13.8. The maximum atomic E-state index is 11.6. The number of hydrogen-bond acceptors (Lipinski definition) is 13. The van der Waals surface area contributed by atoms with E-state index >= 15 is 0 Å². The molecule has 3 heterocycles. The summed E-state index contributed by atoms with van der Waals surface area (Å²) in [4.78, 5) is 2.02. The van der Waals surface area contributed by atoms with Crippen LogP contribution in [0, 0.1) is 17.8 Å². The predicted molar refractivity (Wildman–Crippen MR) is 176 cm³/mol. The molecule has 3 aliphatic rings. The zero-order valence-electron chi connectivity index (χ0n) is 24.0. The highest BCUT2D eigenvalue weighted by Crippen LogP contribution is 2.19. The predicted octanol–water partition coefficient (Wildman–Crippen LogP) is -0.734. The van der Waals surface area contributed by atoms with Crippen LogP contribution in [0.4, 0.5) is 0 Å². The summed E-state index contributed by atoms with van der Waals surface area (Å²) < 4.78 is 86.8. The zero-order valence-corrected chi connectivity index (χ0v) is 28.9. The number of ether oxygens (including phenoxy) is 3. The normalized spacial score (nSPS) is 25.2.